The fourth-order valence-corrected chi connectivity index (χ4v) is 3.81. The van der Waals surface area contributed by atoms with E-state index < -0.39 is 0 Å². The van der Waals surface area contributed by atoms with Crippen molar-refractivity contribution in [2.24, 2.45) is 0 Å². The van der Waals surface area contributed by atoms with Gasteiger partial charge in [0.15, 0.2) is 11.5 Å². The van der Waals surface area contributed by atoms with Gasteiger partial charge in [-0.3, -0.25) is 0 Å². The zero-order valence-corrected chi connectivity index (χ0v) is 16.6. The smallest absolute Gasteiger partial charge is 0.222 e. The van der Waals surface area contributed by atoms with Crippen LogP contribution in [-0.4, -0.2) is 36.1 Å². The molecule has 0 saturated heterocycles. The number of nitrogens with one attached hydrogen (secondary N) is 1. The second-order valence-electron chi connectivity index (χ2n) is 6.45. The van der Waals surface area contributed by atoms with Crippen molar-refractivity contribution >= 4 is 17.5 Å². The number of benzene rings is 2. The molecule has 3 aromatic rings. The Labute approximate surface area is 168 Å². The minimum absolute atomic E-state index is 0.0526. The molecule has 1 aromatic heterocycles. The van der Waals surface area contributed by atoms with Crippen LogP contribution >= 0.6 is 11.6 Å². The molecule has 2 heterocycles. The molecular weight excluding hydrogens is 380 g/mol. The van der Waals surface area contributed by atoms with E-state index in [0.717, 1.165) is 17.5 Å². The van der Waals surface area contributed by atoms with E-state index in [1.54, 1.807) is 27.7 Å². The van der Waals surface area contributed by atoms with Crippen molar-refractivity contribution in [3.8, 4) is 17.2 Å². The number of ether oxygens (including phenoxy) is 3. The molecule has 0 saturated carbocycles. The highest BCUT2D eigenvalue weighted by Gasteiger charge is 2.33. The van der Waals surface area contributed by atoms with Gasteiger partial charge in [0.25, 0.3) is 0 Å². The van der Waals surface area contributed by atoms with Crippen LogP contribution in [0.3, 0.4) is 0 Å². The summed E-state index contributed by atoms with van der Waals surface area (Å²) in [6.45, 7) is 0. The lowest BCUT2D eigenvalue weighted by atomic mass is 9.92. The lowest BCUT2D eigenvalue weighted by Gasteiger charge is -2.32. The van der Waals surface area contributed by atoms with Crippen molar-refractivity contribution in [2.45, 2.75) is 18.5 Å². The third-order valence-corrected chi connectivity index (χ3v) is 5.25. The van der Waals surface area contributed by atoms with Crippen molar-refractivity contribution < 1.29 is 14.2 Å². The lowest BCUT2D eigenvalue weighted by Crippen LogP contribution is -2.28. The highest BCUT2D eigenvalue weighted by Crippen LogP contribution is 2.46. The number of halogens is 1. The minimum Gasteiger partial charge on any atom is -0.493 e. The molecule has 1 aliphatic heterocycles. The van der Waals surface area contributed by atoms with Gasteiger partial charge in [0.05, 0.1) is 33.4 Å². The molecule has 8 heteroatoms. The highest BCUT2D eigenvalue weighted by atomic mass is 35.5. The Morgan fingerprint density at radius 3 is 2.43 bits per heavy atom. The normalized spacial score (nSPS) is 18.1. The first-order valence-electron chi connectivity index (χ1n) is 8.86. The average Bonchev–Trinajstić information content (AvgIpc) is 3.21. The molecule has 0 bridgehead atoms. The number of anilines is 1. The molecule has 4 rings (SSSR count). The molecule has 1 aliphatic rings. The number of fused-ring (bicyclic) bond motifs is 1. The molecule has 0 fully saturated rings. The molecule has 0 spiro atoms. The summed E-state index contributed by atoms with van der Waals surface area (Å²) in [5, 5.41) is 8.58. The molecule has 0 aliphatic carbocycles. The Morgan fingerprint density at radius 1 is 1.00 bits per heavy atom. The quantitative estimate of drug-likeness (QED) is 0.695. The van der Waals surface area contributed by atoms with Crippen LogP contribution in [0.4, 0.5) is 5.95 Å². The van der Waals surface area contributed by atoms with Gasteiger partial charge in [-0.05, 0) is 36.2 Å². The number of methoxy groups -OCH3 is 3. The average molecular weight is 401 g/mol. The van der Waals surface area contributed by atoms with Crippen molar-refractivity contribution in [1.82, 2.24) is 14.8 Å². The van der Waals surface area contributed by atoms with E-state index in [4.69, 9.17) is 25.8 Å². The maximum atomic E-state index is 6.05. The van der Waals surface area contributed by atoms with E-state index in [1.807, 2.05) is 41.1 Å². The standard InChI is InChI=1S/C20H21ClN4O3/c1-26-17-9-8-14(18(27-2)19(17)28-3)16-10-15(12-4-6-13(21)7-5-12)24-20-22-11-23-25(16)20/h4-9,11,15-16H,10H2,1-3H3,(H,22,23,24). The van der Waals surface area contributed by atoms with Gasteiger partial charge in [-0.2, -0.15) is 10.1 Å². The SMILES string of the molecule is COc1ccc(C2CC(c3ccc(Cl)cc3)Nc3ncnn32)c(OC)c1OC. The topological polar surface area (TPSA) is 70.4 Å². The highest BCUT2D eigenvalue weighted by molar-refractivity contribution is 6.30. The fraction of sp³-hybridized carbons (Fsp3) is 0.300. The van der Waals surface area contributed by atoms with Crippen LogP contribution in [-0.2, 0) is 0 Å². The van der Waals surface area contributed by atoms with Crippen LogP contribution in [0.2, 0.25) is 5.02 Å². The molecule has 2 aromatic carbocycles. The van der Waals surface area contributed by atoms with Gasteiger partial charge < -0.3 is 19.5 Å². The summed E-state index contributed by atoms with van der Waals surface area (Å²) in [6.07, 6.45) is 2.30. The molecular formula is C20H21ClN4O3. The first kappa shape index (κ1) is 18.4. The van der Waals surface area contributed by atoms with Crippen LogP contribution in [0.1, 0.15) is 29.6 Å². The van der Waals surface area contributed by atoms with Crippen LogP contribution in [0.5, 0.6) is 17.2 Å². The fourth-order valence-electron chi connectivity index (χ4n) is 3.68. The number of hydrogen-bond acceptors (Lipinski definition) is 6. The van der Waals surface area contributed by atoms with Crippen LogP contribution in [0.15, 0.2) is 42.7 Å². The maximum Gasteiger partial charge on any atom is 0.222 e. The molecule has 2 unspecified atom stereocenters. The molecule has 0 amide bonds. The summed E-state index contributed by atoms with van der Waals surface area (Å²) in [6, 6.07) is 11.7. The first-order chi connectivity index (χ1) is 13.7. The summed E-state index contributed by atoms with van der Waals surface area (Å²) < 4.78 is 18.5. The van der Waals surface area contributed by atoms with Gasteiger partial charge in [-0.25, -0.2) is 4.68 Å². The van der Waals surface area contributed by atoms with Gasteiger partial charge in [0, 0.05) is 10.6 Å². The van der Waals surface area contributed by atoms with E-state index in [1.165, 1.54) is 0 Å². The largest absolute Gasteiger partial charge is 0.493 e. The summed E-state index contributed by atoms with van der Waals surface area (Å²) in [7, 11) is 4.83. The summed E-state index contributed by atoms with van der Waals surface area (Å²) in [5.74, 6) is 2.51. The molecule has 0 radical (unpaired) electrons. The Kier molecular flexibility index (Phi) is 5.00. The van der Waals surface area contributed by atoms with Gasteiger partial charge in [0.1, 0.15) is 6.33 Å². The Bertz CT molecular complexity index is 974. The Hall–Kier alpha value is -2.93. The zero-order valence-electron chi connectivity index (χ0n) is 15.8. The van der Waals surface area contributed by atoms with Gasteiger partial charge in [0.2, 0.25) is 11.7 Å². The van der Waals surface area contributed by atoms with Crippen molar-refractivity contribution in [1.29, 1.82) is 0 Å². The molecule has 2 atom stereocenters. The van der Waals surface area contributed by atoms with Crippen molar-refractivity contribution in [3.05, 3.63) is 58.9 Å². The van der Waals surface area contributed by atoms with Gasteiger partial charge in [-0.1, -0.05) is 23.7 Å². The zero-order chi connectivity index (χ0) is 19.7. The number of rotatable bonds is 5. The van der Waals surface area contributed by atoms with E-state index in [0.29, 0.717) is 28.2 Å². The summed E-state index contributed by atoms with van der Waals surface area (Å²) in [4.78, 5) is 4.38. The third-order valence-electron chi connectivity index (χ3n) is 5.00. The predicted molar refractivity (Wildman–Crippen MR) is 107 cm³/mol. The number of aromatic nitrogens is 3. The molecule has 146 valence electrons. The first-order valence-corrected chi connectivity index (χ1v) is 9.24. The summed E-state index contributed by atoms with van der Waals surface area (Å²) in [5.41, 5.74) is 2.08. The van der Waals surface area contributed by atoms with E-state index >= 15 is 0 Å². The monoisotopic (exact) mass is 400 g/mol. The van der Waals surface area contributed by atoms with Crippen LogP contribution in [0.25, 0.3) is 0 Å². The molecule has 7 nitrogen and oxygen atoms in total. The molecule has 1 N–H and O–H groups in total. The Morgan fingerprint density at radius 2 is 1.75 bits per heavy atom. The van der Waals surface area contributed by atoms with E-state index in [2.05, 4.69) is 15.4 Å². The minimum atomic E-state index is -0.0887. The summed E-state index contributed by atoms with van der Waals surface area (Å²) >= 11 is 6.05. The van der Waals surface area contributed by atoms with Gasteiger partial charge in [-0.15, -0.1) is 0 Å². The van der Waals surface area contributed by atoms with Crippen LogP contribution in [0, 0.1) is 0 Å². The van der Waals surface area contributed by atoms with Crippen molar-refractivity contribution in [3.63, 3.8) is 0 Å². The second kappa shape index (κ2) is 7.59. The third kappa shape index (κ3) is 3.11. The molecule has 28 heavy (non-hydrogen) atoms. The number of nitrogens with zero attached hydrogens (tertiary/aromatic N) is 3. The van der Waals surface area contributed by atoms with E-state index in [-0.39, 0.29) is 12.1 Å². The van der Waals surface area contributed by atoms with Crippen LogP contribution < -0.4 is 19.5 Å². The Balaban J connectivity index is 1.80. The lowest BCUT2D eigenvalue weighted by molar-refractivity contribution is 0.315. The van der Waals surface area contributed by atoms with Crippen molar-refractivity contribution in [2.75, 3.05) is 26.6 Å². The second-order valence-corrected chi connectivity index (χ2v) is 6.89. The van der Waals surface area contributed by atoms with Gasteiger partial charge >= 0.3 is 0 Å². The predicted octanol–water partition coefficient (Wildman–Crippen LogP) is 4.10. The number of hydrogen-bond donors (Lipinski definition) is 1. The maximum absolute atomic E-state index is 6.05. The van der Waals surface area contributed by atoms with E-state index in [9.17, 15) is 0 Å².